The summed E-state index contributed by atoms with van der Waals surface area (Å²) < 4.78 is 21.4. The summed E-state index contributed by atoms with van der Waals surface area (Å²) in [5.41, 5.74) is 0.0919. The van der Waals surface area contributed by atoms with Gasteiger partial charge < -0.3 is 18.9 Å². The number of rotatable bonds is 4. The Balaban J connectivity index is 2.57. The maximum atomic E-state index is 11.8. The third kappa shape index (κ3) is 2.83. The van der Waals surface area contributed by atoms with Gasteiger partial charge >= 0.3 is 13.6 Å². The Morgan fingerprint density at radius 2 is 2.25 bits per heavy atom. The van der Waals surface area contributed by atoms with Gasteiger partial charge in [-0.3, -0.25) is 4.57 Å². The van der Waals surface area contributed by atoms with E-state index in [-0.39, 0.29) is 28.2 Å². The van der Waals surface area contributed by atoms with Crippen LogP contribution in [0.2, 0.25) is 0 Å². The number of furan rings is 1. The molecule has 108 valence electrons. The van der Waals surface area contributed by atoms with Crippen LogP contribution in [0.1, 0.15) is 21.6 Å². The minimum absolute atomic E-state index is 0.0919. The van der Waals surface area contributed by atoms with Crippen molar-refractivity contribution >= 4 is 30.2 Å². The van der Waals surface area contributed by atoms with Crippen LogP contribution in [0, 0.1) is 6.92 Å². The molecule has 2 aromatic heterocycles. The topological polar surface area (TPSA) is 110 Å². The zero-order valence-corrected chi connectivity index (χ0v) is 12.4. The maximum absolute atomic E-state index is 11.8. The van der Waals surface area contributed by atoms with Crippen LogP contribution in [0.15, 0.2) is 16.7 Å². The number of ether oxygens (including phenoxy) is 1. The summed E-state index contributed by atoms with van der Waals surface area (Å²) in [4.78, 5) is 34.7. The molecule has 0 spiro atoms. The lowest BCUT2D eigenvalue weighted by Crippen LogP contribution is -2.08. The van der Waals surface area contributed by atoms with Crippen LogP contribution in [-0.4, -0.2) is 27.3 Å². The molecule has 0 aliphatic heterocycles. The molecule has 0 aliphatic rings. The predicted octanol–water partition coefficient (Wildman–Crippen LogP) is 1.69. The first kappa shape index (κ1) is 14.9. The molecule has 9 heteroatoms. The summed E-state index contributed by atoms with van der Waals surface area (Å²) in [5.74, 6) is -0.702. The molecule has 2 heterocycles. The minimum Gasteiger partial charge on any atom is -0.462 e. The number of hydrogen-bond donors (Lipinski definition) is 2. The highest BCUT2D eigenvalue weighted by molar-refractivity contribution is 7.60. The summed E-state index contributed by atoms with van der Waals surface area (Å²) in [6.07, 6.45) is 1.15. The fraction of sp³-hybridized carbons (Fsp3) is 0.273. The molecule has 2 N–H and O–H groups in total. The molecular formula is C11H12NO6PS. The highest BCUT2D eigenvalue weighted by atomic mass is 32.1. The van der Waals surface area contributed by atoms with Gasteiger partial charge in [0.25, 0.3) is 0 Å². The van der Waals surface area contributed by atoms with Crippen molar-refractivity contribution in [3.8, 4) is 11.5 Å². The Morgan fingerprint density at radius 3 is 2.85 bits per heavy atom. The molecule has 0 bridgehead atoms. The molecule has 0 saturated carbocycles. The van der Waals surface area contributed by atoms with E-state index in [4.69, 9.17) is 9.15 Å². The lowest BCUT2D eigenvalue weighted by Gasteiger charge is -2.04. The molecule has 0 unspecified atom stereocenters. The molecule has 0 saturated heterocycles. The van der Waals surface area contributed by atoms with Crippen molar-refractivity contribution in [2.45, 2.75) is 13.8 Å². The Morgan fingerprint density at radius 1 is 1.55 bits per heavy atom. The van der Waals surface area contributed by atoms with Gasteiger partial charge in [-0.25, -0.2) is 9.78 Å². The summed E-state index contributed by atoms with van der Waals surface area (Å²) in [5, 5.41) is 0.268. The third-order valence-electron chi connectivity index (χ3n) is 2.37. The van der Waals surface area contributed by atoms with E-state index in [1.165, 1.54) is 6.07 Å². The molecule has 0 aromatic carbocycles. The van der Waals surface area contributed by atoms with E-state index in [1.807, 2.05) is 0 Å². The average molecular weight is 317 g/mol. The van der Waals surface area contributed by atoms with Gasteiger partial charge in [0, 0.05) is 0 Å². The first-order chi connectivity index (χ1) is 9.34. The summed E-state index contributed by atoms with van der Waals surface area (Å²) in [7, 11) is -4.51. The first-order valence-electron chi connectivity index (χ1n) is 5.63. The number of hydrogen-bond acceptors (Lipinski definition) is 6. The minimum atomic E-state index is -4.51. The normalized spacial score (nSPS) is 11.6. The van der Waals surface area contributed by atoms with Gasteiger partial charge in [0.05, 0.1) is 17.9 Å². The Kier molecular flexibility index (Phi) is 4.10. The van der Waals surface area contributed by atoms with Crippen LogP contribution in [-0.2, 0) is 9.30 Å². The van der Waals surface area contributed by atoms with Crippen molar-refractivity contribution < 1.29 is 28.3 Å². The molecule has 2 aromatic rings. The van der Waals surface area contributed by atoms with Gasteiger partial charge in [0.2, 0.25) is 0 Å². The molecule has 0 fully saturated rings. The zero-order chi connectivity index (χ0) is 14.9. The second-order valence-corrected chi connectivity index (χ2v) is 6.58. The van der Waals surface area contributed by atoms with Crippen LogP contribution in [0.5, 0.6) is 0 Å². The van der Waals surface area contributed by atoms with E-state index >= 15 is 0 Å². The monoisotopic (exact) mass is 317 g/mol. The number of esters is 1. The van der Waals surface area contributed by atoms with Gasteiger partial charge in [-0.2, -0.15) is 0 Å². The largest absolute Gasteiger partial charge is 0.462 e. The van der Waals surface area contributed by atoms with Crippen LogP contribution < -0.4 is 5.30 Å². The van der Waals surface area contributed by atoms with Crippen LogP contribution in [0.3, 0.4) is 0 Å². The number of aromatic nitrogens is 1. The van der Waals surface area contributed by atoms with Gasteiger partial charge in [-0.05, 0) is 19.9 Å². The van der Waals surface area contributed by atoms with E-state index < -0.39 is 13.6 Å². The van der Waals surface area contributed by atoms with Crippen molar-refractivity contribution in [2.75, 3.05) is 6.61 Å². The molecule has 0 radical (unpaired) electrons. The van der Waals surface area contributed by atoms with E-state index in [0.717, 1.165) is 17.6 Å². The lowest BCUT2D eigenvalue weighted by atomic mass is 10.3. The average Bonchev–Trinajstić information content (AvgIpc) is 2.93. The standard InChI is InChI=1S/C11H12NO6PS/c1-3-17-11(13)10-8(12-6(2)20-10)9-7(4-5-18-9)19(14,15)16/h4-5H,3H2,1-2H3,(H2,14,15,16). The summed E-state index contributed by atoms with van der Waals surface area (Å²) >= 11 is 1.08. The third-order valence-corrected chi connectivity index (χ3v) is 4.30. The summed E-state index contributed by atoms with van der Waals surface area (Å²) in [6.45, 7) is 3.54. The highest BCUT2D eigenvalue weighted by Crippen LogP contribution is 2.39. The Hall–Kier alpha value is -1.47. The Labute approximate surface area is 118 Å². The fourth-order valence-corrected chi connectivity index (χ4v) is 3.11. The van der Waals surface area contributed by atoms with E-state index in [9.17, 15) is 19.1 Å². The number of carbonyl (C=O) groups is 1. The predicted molar refractivity (Wildman–Crippen MR) is 72.2 cm³/mol. The molecule has 2 rings (SSSR count). The quantitative estimate of drug-likeness (QED) is 0.652. The van der Waals surface area contributed by atoms with E-state index in [2.05, 4.69) is 4.98 Å². The van der Waals surface area contributed by atoms with Crippen molar-refractivity contribution in [2.24, 2.45) is 0 Å². The molecule has 20 heavy (non-hydrogen) atoms. The van der Waals surface area contributed by atoms with Crippen molar-refractivity contribution in [1.82, 2.24) is 4.98 Å². The van der Waals surface area contributed by atoms with Gasteiger partial charge in [-0.1, -0.05) is 0 Å². The molecule has 0 aliphatic carbocycles. The Bertz CT molecular complexity index is 685. The molecule has 0 atom stereocenters. The lowest BCUT2D eigenvalue weighted by molar-refractivity contribution is 0.0532. The molecule has 7 nitrogen and oxygen atoms in total. The zero-order valence-electron chi connectivity index (χ0n) is 10.7. The second-order valence-electron chi connectivity index (χ2n) is 3.81. The first-order valence-corrected chi connectivity index (χ1v) is 8.06. The number of nitrogens with zero attached hydrogens (tertiary/aromatic N) is 1. The molecular weight excluding hydrogens is 305 g/mol. The van der Waals surface area contributed by atoms with Crippen molar-refractivity contribution in [3.63, 3.8) is 0 Å². The van der Waals surface area contributed by atoms with Gasteiger partial charge in [-0.15, -0.1) is 11.3 Å². The van der Waals surface area contributed by atoms with E-state index in [1.54, 1.807) is 13.8 Å². The number of thiazole rings is 1. The SMILES string of the molecule is CCOC(=O)c1sc(C)nc1-c1occc1P(=O)(O)O. The van der Waals surface area contributed by atoms with Crippen molar-refractivity contribution in [1.29, 1.82) is 0 Å². The number of aryl methyl sites for hydroxylation is 1. The molecule has 0 amide bonds. The van der Waals surface area contributed by atoms with Crippen molar-refractivity contribution in [3.05, 3.63) is 22.2 Å². The number of carbonyl (C=O) groups excluding carboxylic acids is 1. The maximum Gasteiger partial charge on any atom is 0.360 e. The fourth-order valence-electron chi connectivity index (χ4n) is 1.63. The van der Waals surface area contributed by atoms with E-state index in [0.29, 0.717) is 5.01 Å². The van der Waals surface area contributed by atoms with Crippen LogP contribution in [0.25, 0.3) is 11.5 Å². The van der Waals surface area contributed by atoms with Crippen LogP contribution >= 0.6 is 18.9 Å². The second kappa shape index (κ2) is 5.49. The summed E-state index contributed by atoms with van der Waals surface area (Å²) in [6, 6.07) is 1.17. The van der Waals surface area contributed by atoms with Gasteiger partial charge in [0.15, 0.2) is 5.76 Å². The smallest absolute Gasteiger partial charge is 0.360 e. The van der Waals surface area contributed by atoms with Crippen LogP contribution in [0.4, 0.5) is 0 Å². The van der Waals surface area contributed by atoms with Gasteiger partial charge in [0.1, 0.15) is 15.9 Å². The highest BCUT2D eigenvalue weighted by Gasteiger charge is 2.30.